The van der Waals surface area contributed by atoms with Crippen LogP contribution in [0.1, 0.15) is 39.5 Å². The zero-order chi connectivity index (χ0) is 12.3. The number of aliphatic hydroxyl groups excluding tert-OH is 2. The summed E-state index contributed by atoms with van der Waals surface area (Å²) in [6.07, 6.45) is 4.02. The Kier molecular flexibility index (Phi) is 13.2. The van der Waals surface area contributed by atoms with E-state index in [1.165, 1.54) is 0 Å². The number of halogens is 1. The van der Waals surface area contributed by atoms with Crippen LogP contribution in [-0.2, 0) is 0 Å². The predicted molar refractivity (Wildman–Crippen MR) is 63.6 cm³/mol. The summed E-state index contributed by atoms with van der Waals surface area (Å²) in [5.74, 6) is 0. The molecule has 0 aliphatic heterocycles. The van der Waals surface area contributed by atoms with E-state index in [-0.39, 0.29) is 18.6 Å². The fourth-order valence-electron chi connectivity index (χ4n) is 1.16. The first-order chi connectivity index (χ1) is 6.97. The van der Waals surface area contributed by atoms with E-state index in [0.29, 0.717) is 0 Å². The van der Waals surface area contributed by atoms with Crippen LogP contribution in [0.3, 0.4) is 0 Å². The highest BCUT2D eigenvalue weighted by Gasteiger charge is 2.25. The van der Waals surface area contributed by atoms with E-state index < -0.39 is 7.73 Å². The Morgan fingerprint density at radius 2 is 1.53 bits per heavy atom. The van der Waals surface area contributed by atoms with Crippen LogP contribution in [0.15, 0.2) is 0 Å². The zero-order valence-corrected chi connectivity index (χ0v) is 11.0. The summed E-state index contributed by atoms with van der Waals surface area (Å²) >= 11 is 4.45. The summed E-state index contributed by atoms with van der Waals surface area (Å²) < 4.78 is 0. The first-order valence-electron chi connectivity index (χ1n) is 5.03. The Labute approximate surface area is 97.6 Å². The quantitative estimate of drug-likeness (QED) is 0.551. The lowest BCUT2D eigenvalue weighted by Crippen LogP contribution is -2.28. The van der Waals surface area contributed by atoms with Gasteiger partial charge in [0.25, 0.3) is 7.73 Å². The summed E-state index contributed by atoms with van der Waals surface area (Å²) in [5.41, 5.74) is -0.212. The van der Waals surface area contributed by atoms with E-state index in [2.05, 4.69) is 18.2 Å². The molecule has 94 valence electrons. The Morgan fingerprint density at radius 3 is 1.73 bits per heavy atom. The smallest absolute Gasteiger partial charge is 0.271 e. The molecule has 0 aliphatic rings. The molecule has 0 aromatic carbocycles. The van der Waals surface area contributed by atoms with E-state index in [0.717, 1.165) is 25.7 Å². The molecule has 0 unspecified atom stereocenters. The Balaban J connectivity index is 0. The van der Waals surface area contributed by atoms with Crippen LogP contribution < -0.4 is 0 Å². The highest BCUT2D eigenvalue weighted by atomic mass is 35.7. The van der Waals surface area contributed by atoms with Crippen molar-refractivity contribution in [3.05, 3.63) is 0 Å². The van der Waals surface area contributed by atoms with Gasteiger partial charge in [-0.3, -0.25) is 0 Å². The van der Waals surface area contributed by atoms with E-state index in [1.54, 1.807) is 0 Å². The van der Waals surface area contributed by atoms with E-state index >= 15 is 0 Å². The molecule has 0 amide bonds. The Hall–Kier alpha value is 0.560. The summed E-state index contributed by atoms with van der Waals surface area (Å²) in [4.78, 5) is 14.9. The molecule has 4 nitrogen and oxygen atoms in total. The van der Waals surface area contributed by atoms with Gasteiger partial charge in [0.2, 0.25) is 0 Å². The van der Waals surface area contributed by atoms with Crippen molar-refractivity contribution in [3.8, 4) is 0 Å². The van der Waals surface area contributed by atoms with Crippen molar-refractivity contribution in [2.24, 2.45) is 5.41 Å². The molecule has 0 aliphatic carbocycles. The van der Waals surface area contributed by atoms with Gasteiger partial charge in [-0.25, -0.2) is 0 Å². The molecule has 0 spiro atoms. The van der Waals surface area contributed by atoms with Gasteiger partial charge in [0.15, 0.2) is 0 Å². The van der Waals surface area contributed by atoms with Crippen LogP contribution >= 0.6 is 19.0 Å². The minimum absolute atomic E-state index is 0.111. The molecule has 4 N–H and O–H groups in total. The molecule has 0 fully saturated rings. The van der Waals surface area contributed by atoms with Gasteiger partial charge in [-0.15, -0.1) is 0 Å². The fourth-order valence-corrected chi connectivity index (χ4v) is 1.16. The second kappa shape index (κ2) is 11.1. The Morgan fingerprint density at radius 1 is 1.13 bits per heavy atom. The highest BCUT2D eigenvalue weighted by Crippen LogP contribution is 2.28. The first kappa shape index (κ1) is 17.9. The topological polar surface area (TPSA) is 80.9 Å². The van der Waals surface area contributed by atoms with E-state index in [1.807, 2.05) is 6.92 Å². The molecule has 15 heavy (non-hydrogen) atoms. The monoisotopic (exact) mass is 260 g/mol. The fraction of sp³-hybridized carbons (Fsp3) is 1.00. The second-order valence-corrected chi connectivity index (χ2v) is 4.90. The minimum Gasteiger partial charge on any atom is -0.396 e. The van der Waals surface area contributed by atoms with Gasteiger partial charge >= 0.3 is 0 Å². The maximum atomic E-state index is 9.04. The van der Waals surface area contributed by atoms with E-state index in [4.69, 9.17) is 20.0 Å². The van der Waals surface area contributed by atoms with Gasteiger partial charge in [0.05, 0.1) is 13.2 Å². The summed E-state index contributed by atoms with van der Waals surface area (Å²) in [6, 6.07) is 0. The first-order valence-corrected chi connectivity index (χ1v) is 7.18. The lowest BCUT2D eigenvalue weighted by atomic mass is 9.82. The minimum atomic E-state index is -2.15. The summed E-state index contributed by atoms with van der Waals surface area (Å²) in [7, 11) is -2.15. The molecule has 0 atom stereocenters. The second-order valence-electron chi connectivity index (χ2n) is 3.51. The third-order valence-corrected chi connectivity index (χ3v) is 2.48. The standard InChI is InChI=1S/C9H20O2.ClH2O2P/c1-3-5-6-9(4-2,7-10)8-11;1-4(2)3/h10-11H,3-8H2,1-2H3;2-3H. The van der Waals surface area contributed by atoms with Crippen molar-refractivity contribution in [1.82, 2.24) is 0 Å². The molecule has 0 saturated carbocycles. The van der Waals surface area contributed by atoms with Gasteiger partial charge in [-0.05, 0) is 24.1 Å². The van der Waals surface area contributed by atoms with Crippen LogP contribution in [0, 0.1) is 5.41 Å². The zero-order valence-electron chi connectivity index (χ0n) is 9.36. The molecular formula is C9H22ClO4P. The van der Waals surface area contributed by atoms with Crippen molar-refractivity contribution in [3.63, 3.8) is 0 Å². The predicted octanol–water partition coefficient (Wildman–Crippen LogP) is 1.99. The van der Waals surface area contributed by atoms with Crippen molar-refractivity contribution >= 4 is 19.0 Å². The summed E-state index contributed by atoms with van der Waals surface area (Å²) in [6.45, 7) is 4.36. The van der Waals surface area contributed by atoms with Gasteiger partial charge in [0, 0.05) is 5.41 Å². The average Bonchev–Trinajstić information content (AvgIpc) is 2.20. The third kappa shape index (κ3) is 10.8. The molecule has 6 heteroatoms. The molecule has 0 aromatic rings. The van der Waals surface area contributed by atoms with Crippen LogP contribution in [0.4, 0.5) is 0 Å². The highest BCUT2D eigenvalue weighted by molar-refractivity contribution is 7.74. The lowest BCUT2D eigenvalue weighted by Gasteiger charge is -2.27. The molecule has 0 heterocycles. The number of rotatable bonds is 6. The van der Waals surface area contributed by atoms with Gasteiger partial charge < -0.3 is 20.0 Å². The van der Waals surface area contributed by atoms with E-state index in [9.17, 15) is 0 Å². The maximum Gasteiger partial charge on any atom is 0.271 e. The van der Waals surface area contributed by atoms with Crippen LogP contribution in [0.5, 0.6) is 0 Å². The number of unbranched alkanes of at least 4 members (excludes halogenated alkanes) is 1. The SMILES string of the molecule is CCCCC(CC)(CO)CO.OP(O)Cl. The third-order valence-electron chi connectivity index (χ3n) is 2.48. The van der Waals surface area contributed by atoms with Gasteiger partial charge in [-0.1, -0.05) is 26.7 Å². The van der Waals surface area contributed by atoms with Crippen LogP contribution in [0.25, 0.3) is 0 Å². The number of hydrogen-bond acceptors (Lipinski definition) is 4. The van der Waals surface area contributed by atoms with Gasteiger partial charge in [0.1, 0.15) is 0 Å². The van der Waals surface area contributed by atoms with Crippen molar-refractivity contribution < 1.29 is 20.0 Å². The molecule has 0 radical (unpaired) electrons. The Bertz CT molecular complexity index is 120. The number of aliphatic hydroxyl groups is 2. The van der Waals surface area contributed by atoms with Crippen molar-refractivity contribution in [2.45, 2.75) is 39.5 Å². The molecule has 0 saturated heterocycles. The van der Waals surface area contributed by atoms with Gasteiger partial charge in [-0.2, -0.15) is 0 Å². The number of hydrogen-bond donors (Lipinski definition) is 4. The normalized spacial score (nSPS) is 11.2. The average molecular weight is 261 g/mol. The van der Waals surface area contributed by atoms with Crippen LogP contribution in [-0.4, -0.2) is 33.2 Å². The molecular weight excluding hydrogens is 239 g/mol. The molecule has 0 rings (SSSR count). The largest absolute Gasteiger partial charge is 0.396 e. The van der Waals surface area contributed by atoms with Crippen LogP contribution in [0.2, 0.25) is 0 Å². The maximum absolute atomic E-state index is 9.04. The molecule has 0 bridgehead atoms. The summed E-state index contributed by atoms with van der Waals surface area (Å²) in [5, 5.41) is 18.1. The van der Waals surface area contributed by atoms with Crippen molar-refractivity contribution in [1.29, 1.82) is 0 Å². The lowest BCUT2D eigenvalue weighted by molar-refractivity contribution is 0.0420. The van der Waals surface area contributed by atoms with Crippen molar-refractivity contribution in [2.75, 3.05) is 13.2 Å². The molecule has 0 aromatic heterocycles.